The Morgan fingerprint density at radius 3 is 1.54 bits per heavy atom. The van der Waals surface area contributed by atoms with E-state index < -0.39 is 0 Å². The number of rotatable bonds is 0. The lowest BCUT2D eigenvalue weighted by molar-refractivity contribution is -0.187. The van der Waals surface area contributed by atoms with E-state index in [-0.39, 0.29) is 23.7 Å². The molecule has 0 radical (unpaired) electrons. The first-order chi connectivity index (χ1) is 12.7. The molecule has 7 rings (SSSR count). The second kappa shape index (κ2) is 5.58. The first-order valence-corrected chi connectivity index (χ1v) is 11.5. The maximum atomic E-state index is 13.1. The molecular weight excluding hydrogens is 322 g/mol. The molecule has 2 amide bonds. The van der Waals surface area contributed by atoms with Gasteiger partial charge in [0.15, 0.2) is 0 Å². The summed E-state index contributed by atoms with van der Waals surface area (Å²) in [6.45, 7) is 0. The molecule has 1 saturated heterocycles. The van der Waals surface area contributed by atoms with E-state index in [0.29, 0.717) is 11.8 Å². The largest absolute Gasteiger partial charge is 0.285 e. The molecule has 6 saturated carbocycles. The van der Waals surface area contributed by atoms with Crippen LogP contribution in [0.4, 0.5) is 0 Å². The second-order valence-corrected chi connectivity index (χ2v) is 10.7. The van der Waals surface area contributed by atoms with Crippen LogP contribution < -0.4 is 0 Å². The molecule has 6 aliphatic carbocycles. The number of likely N-dealkylation sites (tertiary alicyclic amines) is 1. The molecule has 2 bridgehead atoms. The van der Waals surface area contributed by atoms with Gasteiger partial charge in [-0.2, -0.15) is 0 Å². The fourth-order valence-electron chi connectivity index (χ4n) is 9.35. The van der Waals surface area contributed by atoms with Gasteiger partial charge in [-0.1, -0.05) is 38.5 Å². The quantitative estimate of drug-likeness (QED) is 0.613. The van der Waals surface area contributed by atoms with Gasteiger partial charge in [0.1, 0.15) is 0 Å². The minimum Gasteiger partial charge on any atom is -0.285 e. The molecule has 1 aliphatic heterocycles. The third-order valence-corrected chi connectivity index (χ3v) is 10.1. The number of nitrogens with zero attached hydrogens (tertiary/aromatic N) is 1. The van der Waals surface area contributed by atoms with Crippen LogP contribution in [0.25, 0.3) is 0 Å². The van der Waals surface area contributed by atoms with Gasteiger partial charge in [-0.05, 0) is 73.0 Å². The van der Waals surface area contributed by atoms with Crippen molar-refractivity contribution in [1.29, 1.82) is 0 Å². The van der Waals surface area contributed by atoms with Crippen LogP contribution in [0.1, 0.15) is 64.2 Å². The molecule has 7 aliphatic rings. The van der Waals surface area contributed by atoms with Gasteiger partial charge in [0.2, 0.25) is 11.8 Å². The first-order valence-electron chi connectivity index (χ1n) is 11.5. The fourth-order valence-corrected chi connectivity index (χ4v) is 9.35. The zero-order valence-electron chi connectivity index (χ0n) is 16.1. The van der Waals surface area contributed by atoms with Gasteiger partial charge in [0.05, 0.1) is 11.8 Å². The molecule has 26 heavy (non-hydrogen) atoms. The van der Waals surface area contributed by atoms with E-state index in [1.807, 2.05) is 0 Å². The minimum absolute atomic E-state index is 0.0539. The number of imide groups is 1. The van der Waals surface area contributed by atoms with E-state index in [1.54, 1.807) is 7.05 Å². The van der Waals surface area contributed by atoms with Crippen molar-refractivity contribution < 1.29 is 9.59 Å². The van der Waals surface area contributed by atoms with Gasteiger partial charge < -0.3 is 0 Å². The predicted molar refractivity (Wildman–Crippen MR) is 98.8 cm³/mol. The van der Waals surface area contributed by atoms with E-state index in [1.165, 1.54) is 69.1 Å². The molecule has 3 nitrogen and oxygen atoms in total. The van der Waals surface area contributed by atoms with Crippen molar-refractivity contribution in [2.45, 2.75) is 64.2 Å². The van der Waals surface area contributed by atoms with Crippen LogP contribution in [0.5, 0.6) is 0 Å². The molecule has 7 fully saturated rings. The summed E-state index contributed by atoms with van der Waals surface area (Å²) in [6, 6.07) is 0. The Bertz CT molecular complexity index is 590. The Morgan fingerprint density at radius 2 is 1.08 bits per heavy atom. The van der Waals surface area contributed by atoms with Crippen molar-refractivity contribution >= 4 is 11.8 Å². The predicted octanol–water partition coefficient (Wildman–Crippen LogP) is 4.12. The van der Waals surface area contributed by atoms with Crippen LogP contribution in [-0.4, -0.2) is 23.8 Å². The fraction of sp³-hybridized carbons (Fsp3) is 0.913. The van der Waals surface area contributed by atoms with Crippen molar-refractivity contribution in [1.82, 2.24) is 4.90 Å². The summed E-state index contributed by atoms with van der Waals surface area (Å²) in [5, 5.41) is 0. The highest BCUT2D eigenvalue weighted by atomic mass is 16.2. The van der Waals surface area contributed by atoms with Crippen LogP contribution in [-0.2, 0) is 9.59 Å². The molecule has 0 N–H and O–H groups in total. The summed E-state index contributed by atoms with van der Waals surface area (Å²) < 4.78 is 0. The van der Waals surface area contributed by atoms with E-state index in [9.17, 15) is 9.59 Å². The molecule has 0 aromatic rings. The second-order valence-electron chi connectivity index (χ2n) is 10.7. The van der Waals surface area contributed by atoms with E-state index in [2.05, 4.69) is 0 Å². The van der Waals surface area contributed by atoms with Crippen molar-refractivity contribution in [3.05, 3.63) is 0 Å². The van der Waals surface area contributed by atoms with Crippen LogP contribution >= 0.6 is 0 Å². The standard InChI is InChI=1S/C23H33NO2/c1-24-22(25)20-18-14-8-4-5-9-15(14)19(21(20)23(24)26)17-11-13-7-3-2-6-12(13)10-16(17)18/h12-21H,2-11H2,1H3. The molecule has 0 aromatic heterocycles. The lowest BCUT2D eigenvalue weighted by atomic mass is 9.38. The maximum Gasteiger partial charge on any atom is 0.233 e. The number of amides is 2. The SMILES string of the molecule is CN1C(=O)C2C(C1=O)C1C3CCCCC3C2C2CC3CCCCC3CC21. The summed E-state index contributed by atoms with van der Waals surface area (Å²) in [7, 11) is 1.76. The number of carbonyl (C=O) groups excluding carboxylic acids is 2. The highest BCUT2D eigenvalue weighted by Crippen LogP contribution is 2.69. The molecule has 0 aromatic carbocycles. The Balaban J connectivity index is 1.44. The van der Waals surface area contributed by atoms with Gasteiger partial charge in [0, 0.05) is 7.05 Å². The molecule has 1 heterocycles. The third kappa shape index (κ3) is 1.91. The van der Waals surface area contributed by atoms with Gasteiger partial charge >= 0.3 is 0 Å². The van der Waals surface area contributed by atoms with Crippen molar-refractivity contribution in [3.63, 3.8) is 0 Å². The highest BCUT2D eigenvalue weighted by Gasteiger charge is 2.69. The summed E-state index contributed by atoms with van der Waals surface area (Å²) >= 11 is 0. The number of hydrogen-bond donors (Lipinski definition) is 0. The van der Waals surface area contributed by atoms with Crippen molar-refractivity contribution in [2.75, 3.05) is 7.05 Å². The van der Waals surface area contributed by atoms with Gasteiger partial charge in [-0.15, -0.1) is 0 Å². The minimum atomic E-state index is 0.0539. The maximum absolute atomic E-state index is 13.1. The third-order valence-electron chi connectivity index (χ3n) is 10.1. The monoisotopic (exact) mass is 355 g/mol. The Kier molecular flexibility index (Phi) is 3.46. The molecule has 10 atom stereocenters. The van der Waals surface area contributed by atoms with Crippen LogP contribution in [0, 0.1) is 59.2 Å². The molecule has 3 heteroatoms. The van der Waals surface area contributed by atoms with Gasteiger partial charge in [-0.25, -0.2) is 0 Å². The Hall–Kier alpha value is -0.860. The molecular formula is C23H33NO2. The molecule has 142 valence electrons. The number of carbonyl (C=O) groups is 2. The number of fused-ring (bicyclic) bond motifs is 1. The summed E-state index contributed by atoms with van der Waals surface area (Å²) in [4.78, 5) is 27.7. The smallest absolute Gasteiger partial charge is 0.233 e. The highest BCUT2D eigenvalue weighted by molar-refractivity contribution is 6.05. The molecule has 10 unspecified atom stereocenters. The number of hydrogen-bond acceptors (Lipinski definition) is 2. The van der Waals surface area contributed by atoms with E-state index in [0.717, 1.165) is 35.5 Å². The van der Waals surface area contributed by atoms with Crippen molar-refractivity contribution in [3.8, 4) is 0 Å². The van der Waals surface area contributed by atoms with E-state index >= 15 is 0 Å². The van der Waals surface area contributed by atoms with Crippen LogP contribution in [0.3, 0.4) is 0 Å². The lowest BCUT2D eigenvalue weighted by Crippen LogP contribution is -2.62. The van der Waals surface area contributed by atoms with Gasteiger partial charge in [-0.3, -0.25) is 14.5 Å². The zero-order valence-corrected chi connectivity index (χ0v) is 16.1. The summed E-state index contributed by atoms with van der Waals surface area (Å²) in [5.74, 6) is 6.40. The van der Waals surface area contributed by atoms with Crippen LogP contribution in [0.2, 0.25) is 0 Å². The molecule has 0 spiro atoms. The van der Waals surface area contributed by atoms with E-state index in [4.69, 9.17) is 0 Å². The van der Waals surface area contributed by atoms with Gasteiger partial charge in [0.25, 0.3) is 0 Å². The van der Waals surface area contributed by atoms with Crippen molar-refractivity contribution in [2.24, 2.45) is 59.2 Å². The van der Waals surface area contributed by atoms with Crippen LogP contribution in [0.15, 0.2) is 0 Å². The zero-order chi connectivity index (χ0) is 17.6. The summed E-state index contributed by atoms with van der Waals surface area (Å²) in [5.41, 5.74) is 0. The first kappa shape index (κ1) is 16.1. The normalized spacial score (nSPS) is 55.2. The summed E-state index contributed by atoms with van der Waals surface area (Å²) in [6.07, 6.45) is 13.8. The average molecular weight is 356 g/mol. The average Bonchev–Trinajstić information content (AvgIpc) is 2.91. The Labute approximate surface area is 157 Å². The lowest BCUT2D eigenvalue weighted by Gasteiger charge is -2.65. The Morgan fingerprint density at radius 1 is 0.654 bits per heavy atom. The topological polar surface area (TPSA) is 37.4 Å².